The molecule has 0 unspecified atom stereocenters. The van der Waals surface area contributed by atoms with Crippen LogP contribution in [0.3, 0.4) is 0 Å². The maximum Gasteiger partial charge on any atom is 0.416 e. The van der Waals surface area contributed by atoms with E-state index in [1.807, 2.05) is 42.6 Å². The number of hydrogen-bond acceptors (Lipinski definition) is 4. The second-order valence-electron chi connectivity index (χ2n) is 6.90. The highest BCUT2D eigenvalue weighted by atomic mass is 16.4. The number of carbonyl (C=O) groups is 1. The first-order chi connectivity index (χ1) is 13.1. The minimum absolute atomic E-state index is 0.623. The Bertz CT molecular complexity index is 923. The van der Waals surface area contributed by atoms with Gasteiger partial charge in [-0.05, 0) is 19.2 Å². The lowest BCUT2D eigenvalue weighted by molar-refractivity contribution is 0.147. The van der Waals surface area contributed by atoms with Gasteiger partial charge in [0.15, 0.2) is 0 Å². The number of likely N-dealkylation sites (N-methyl/N-ethyl adjacent to an activating group) is 1. The van der Waals surface area contributed by atoms with Gasteiger partial charge in [-0.3, -0.25) is 9.47 Å². The van der Waals surface area contributed by atoms with Crippen molar-refractivity contribution in [1.29, 1.82) is 0 Å². The molecule has 0 amide bonds. The van der Waals surface area contributed by atoms with Crippen molar-refractivity contribution in [3.05, 3.63) is 60.6 Å². The molecule has 1 saturated heterocycles. The summed E-state index contributed by atoms with van der Waals surface area (Å²) in [5.41, 5.74) is 3.21. The zero-order valence-electron chi connectivity index (χ0n) is 15.3. The molecule has 0 radical (unpaired) electrons. The van der Waals surface area contributed by atoms with Crippen molar-refractivity contribution in [2.45, 2.75) is 6.54 Å². The number of hydrogen-bond donors (Lipinski definition) is 1. The fourth-order valence-corrected chi connectivity index (χ4v) is 3.46. The van der Waals surface area contributed by atoms with Gasteiger partial charge in [0.2, 0.25) is 0 Å². The lowest BCUT2D eigenvalue weighted by Gasteiger charge is -2.31. The Morgan fingerprint density at radius 3 is 2.48 bits per heavy atom. The molecule has 1 aliphatic heterocycles. The molecule has 1 aromatic carbocycles. The topological polar surface area (TPSA) is 66.5 Å². The molecule has 7 nitrogen and oxygen atoms in total. The van der Waals surface area contributed by atoms with Crippen LogP contribution in [0.15, 0.2) is 54.9 Å². The number of carboxylic acid groups (broad SMARTS) is 1. The van der Waals surface area contributed by atoms with E-state index in [2.05, 4.69) is 16.8 Å². The molecule has 1 N–H and O–H groups in total. The number of rotatable bonds is 4. The third-order valence-corrected chi connectivity index (χ3v) is 4.99. The van der Waals surface area contributed by atoms with Gasteiger partial charge in [0.25, 0.3) is 0 Å². The standard InChI is InChI=1S/C20H23N5O2/c1-22-11-13-23(14-12-22)15-17-7-10-25(21-17)18-8-9-24(20(26)27)19(18)16-5-3-2-4-6-16/h2-10H,11-15H2,1H3,(H,26,27). The Hall–Kier alpha value is -2.90. The monoisotopic (exact) mass is 365 g/mol. The largest absolute Gasteiger partial charge is 0.464 e. The van der Waals surface area contributed by atoms with Crippen molar-refractivity contribution in [3.8, 4) is 16.9 Å². The lowest BCUT2D eigenvalue weighted by atomic mass is 10.1. The van der Waals surface area contributed by atoms with Crippen molar-refractivity contribution >= 4 is 6.09 Å². The van der Waals surface area contributed by atoms with Gasteiger partial charge in [-0.1, -0.05) is 30.3 Å². The highest BCUT2D eigenvalue weighted by Gasteiger charge is 2.19. The molecule has 27 heavy (non-hydrogen) atoms. The van der Waals surface area contributed by atoms with Crippen LogP contribution < -0.4 is 0 Å². The molecule has 1 aliphatic rings. The highest BCUT2D eigenvalue weighted by Crippen LogP contribution is 2.28. The van der Waals surface area contributed by atoms with E-state index in [9.17, 15) is 9.90 Å². The van der Waals surface area contributed by atoms with E-state index >= 15 is 0 Å². The van der Waals surface area contributed by atoms with Gasteiger partial charge in [-0.25, -0.2) is 9.48 Å². The van der Waals surface area contributed by atoms with Crippen LogP contribution in [-0.4, -0.2) is 68.6 Å². The molecular weight excluding hydrogens is 342 g/mol. The van der Waals surface area contributed by atoms with Gasteiger partial charge < -0.3 is 10.0 Å². The average Bonchev–Trinajstić information content (AvgIpc) is 3.31. The molecule has 3 aromatic rings. The van der Waals surface area contributed by atoms with Crippen LogP contribution in [0.25, 0.3) is 16.9 Å². The van der Waals surface area contributed by atoms with Crippen molar-refractivity contribution in [2.24, 2.45) is 0 Å². The molecule has 2 aromatic heterocycles. The predicted molar refractivity (Wildman–Crippen MR) is 103 cm³/mol. The van der Waals surface area contributed by atoms with Crippen LogP contribution in [0.5, 0.6) is 0 Å². The average molecular weight is 365 g/mol. The van der Waals surface area contributed by atoms with E-state index in [4.69, 9.17) is 5.10 Å². The summed E-state index contributed by atoms with van der Waals surface area (Å²) in [4.78, 5) is 16.4. The van der Waals surface area contributed by atoms with Crippen LogP contribution in [0, 0.1) is 0 Å². The normalized spacial score (nSPS) is 15.9. The Morgan fingerprint density at radius 2 is 1.78 bits per heavy atom. The fourth-order valence-electron chi connectivity index (χ4n) is 3.46. The van der Waals surface area contributed by atoms with Crippen LogP contribution in [0.4, 0.5) is 4.79 Å². The number of aromatic nitrogens is 3. The number of piperazine rings is 1. The van der Waals surface area contributed by atoms with E-state index in [-0.39, 0.29) is 0 Å². The molecule has 3 heterocycles. The van der Waals surface area contributed by atoms with Crippen LogP contribution in [0.2, 0.25) is 0 Å². The third-order valence-electron chi connectivity index (χ3n) is 4.99. The summed E-state index contributed by atoms with van der Waals surface area (Å²) in [7, 11) is 2.14. The molecule has 0 atom stereocenters. The van der Waals surface area contributed by atoms with Gasteiger partial charge in [-0.15, -0.1) is 0 Å². The molecule has 7 heteroatoms. The number of nitrogens with zero attached hydrogens (tertiary/aromatic N) is 5. The summed E-state index contributed by atoms with van der Waals surface area (Å²) in [5.74, 6) is 0. The minimum atomic E-state index is -1.01. The molecule has 4 rings (SSSR count). The third kappa shape index (κ3) is 3.65. The van der Waals surface area contributed by atoms with Crippen molar-refractivity contribution in [2.75, 3.05) is 33.2 Å². The second kappa shape index (κ2) is 7.38. The van der Waals surface area contributed by atoms with Crippen LogP contribution >= 0.6 is 0 Å². The zero-order valence-corrected chi connectivity index (χ0v) is 15.3. The van der Waals surface area contributed by atoms with E-state index in [1.54, 1.807) is 16.9 Å². The molecular formula is C20H23N5O2. The second-order valence-corrected chi connectivity index (χ2v) is 6.90. The highest BCUT2D eigenvalue weighted by molar-refractivity contribution is 5.81. The summed E-state index contributed by atoms with van der Waals surface area (Å²) in [6.07, 6.45) is 2.46. The van der Waals surface area contributed by atoms with Crippen molar-refractivity contribution in [3.63, 3.8) is 0 Å². The summed E-state index contributed by atoms with van der Waals surface area (Å²) in [6, 6.07) is 13.3. The molecule has 1 fully saturated rings. The van der Waals surface area contributed by atoms with E-state index in [0.717, 1.165) is 49.7 Å². The number of benzene rings is 1. The Balaban J connectivity index is 1.63. The van der Waals surface area contributed by atoms with Crippen molar-refractivity contribution in [1.82, 2.24) is 24.1 Å². The Kier molecular flexibility index (Phi) is 4.79. The zero-order chi connectivity index (χ0) is 18.8. The molecule has 0 spiro atoms. The fraction of sp³-hybridized carbons (Fsp3) is 0.300. The van der Waals surface area contributed by atoms with Crippen LogP contribution in [0.1, 0.15) is 5.69 Å². The summed E-state index contributed by atoms with van der Waals surface area (Å²) < 4.78 is 3.01. The van der Waals surface area contributed by atoms with E-state index in [1.165, 1.54) is 4.57 Å². The van der Waals surface area contributed by atoms with Gasteiger partial charge in [-0.2, -0.15) is 5.10 Å². The van der Waals surface area contributed by atoms with Gasteiger partial charge in [0.05, 0.1) is 17.1 Å². The quantitative estimate of drug-likeness (QED) is 0.770. The lowest BCUT2D eigenvalue weighted by Crippen LogP contribution is -2.43. The predicted octanol–water partition coefficient (Wildman–Crippen LogP) is 2.61. The first-order valence-corrected chi connectivity index (χ1v) is 9.08. The Labute approximate surface area is 158 Å². The van der Waals surface area contributed by atoms with Gasteiger partial charge in [0, 0.05) is 50.7 Å². The van der Waals surface area contributed by atoms with Crippen LogP contribution in [-0.2, 0) is 6.54 Å². The van der Waals surface area contributed by atoms with Gasteiger partial charge in [0.1, 0.15) is 0 Å². The molecule has 0 saturated carbocycles. The molecule has 0 aliphatic carbocycles. The summed E-state index contributed by atoms with van der Waals surface area (Å²) in [5, 5.41) is 14.3. The SMILES string of the molecule is CN1CCN(Cc2ccn(-c3ccn(C(=O)O)c3-c3ccccc3)n2)CC1. The first-order valence-electron chi connectivity index (χ1n) is 9.08. The summed E-state index contributed by atoms with van der Waals surface area (Å²) in [6.45, 7) is 5.02. The first kappa shape index (κ1) is 17.5. The maximum atomic E-state index is 11.7. The summed E-state index contributed by atoms with van der Waals surface area (Å²) >= 11 is 0. The van der Waals surface area contributed by atoms with Gasteiger partial charge >= 0.3 is 6.09 Å². The van der Waals surface area contributed by atoms with E-state index < -0.39 is 6.09 Å². The van der Waals surface area contributed by atoms with Crippen molar-refractivity contribution < 1.29 is 9.90 Å². The Morgan fingerprint density at radius 1 is 1.04 bits per heavy atom. The maximum absolute atomic E-state index is 11.7. The smallest absolute Gasteiger partial charge is 0.416 e. The molecule has 140 valence electrons. The van der Waals surface area contributed by atoms with E-state index in [0.29, 0.717) is 5.69 Å². The minimum Gasteiger partial charge on any atom is -0.464 e. The molecule has 0 bridgehead atoms.